The van der Waals surface area contributed by atoms with Crippen molar-refractivity contribution in [2.75, 3.05) is 18.0 Å². The van der Waals surface area contributed by atoms with E-state index in [1.54, 1.807) is 18.5 Å². The minimum Gasteiger partial charge on any atom is -0.347 e. The van der Waals surface area contributed by atoms with Crippen molar-refractivity contribution in [2.24, 2.45) is 5.92 Å². The van der Waals surface area contributed by atoms with Gasteiger partial charge in [-0.25, -0.2) is 4.98 Å². The van der Waals surface area contributed by atoms with Crippen molar-refractivity contribution in [3.63, 3.8) is 0 Å². The van der Waals surface area contributed by atoms with E-state index < -0.39 is 0 Å². The summed E-state index contributed by atoms with van der Waals surface area (Å²) in [6, 6.07) is 19.2. The lowest BCUT2D eigenvalue weighted by Crippen LogP contribution is -2.47. The first-order valence-corrected chi connectivity index (χ1v) is 12.7. The Morgan fingerprint density at radius 2 is 1.91 bits per heavy atom. The second-order valence-corrected chi connectivity index (χ2v) is 10.2. The molecule has 0 aliphatic carbocycles. The van der Waals surface area contributed by atoms with Crippen LogP contribution in [0.2, 0.25) is 0 Å². The van der Waals surface area contributed by atoms with Gasteiger partial charge in [-0.15, -0.1) is 0 Å². The molecule has 2 atom stereocenters. The highest BCUT2D eigenvalue weighted by atomic mass is 32.1. The van der Waals surface area contributed by atoms with Crippen LogP contribution in [-0.2, 0) is 13.1 Å². The fourth-order valence-electron chi connectivity index (χ4n) is 5.21. The summed E-state index contributed by atoms with van der Waals surface area (Å²) in [7, 11) is 0. The molecule has 4 aromatic rings. The van der Waals surface area contributed by atoms with Crippen molar-refractivity contribution in [2.45, 2.75) is 25.4 Å². The molecule has 6 rings (SSSR count). The standard InChI is InChI=1S/C27H25N5O2S/c33-23-10-4-9-22-21-12-19(16-32(22)23)15-31(17-21)27-30-24(20-7-2-1-3-8-20)25(35-27)26(34)29-14-18-6-5-11-28-13-18/h1-11,13,19,21H,12,14-17H2,(H,29,34). The number of hydrogen-bond acceptors (Lipinski definition) is 6. The van der Waals surface area contributed by atoms with E-state index in [0.29, 0.717) is 23.0 Å². The average molecular weight is 484 g/mol. The molecule has 0 radical (unpaired) electrons. The quantitative estimate of drug-likeness (QED) is 0.465. The highest BCUT2D eigenvalue weighted by Crippen LogP contribution is 2.40. The largest absolute Gasteiger partial charge is 0.347 e. The molecule has 1 fully saturated rings. The monoisotopic (exact) mass is 483 g/mol. The Kier molecular flexibility index (Phi) is 5.66. The first-order valence-electron chi connectivity index (χ1n) is 11.8. The molecule has 5 heterocycles. The molecule has 8 heteroatoms. The van der Waals surface area contributed by atoms with Gasteiger partial charge in [0, 0.05) is 61.8 Å². The SMILES string of the molecule is O=C(NCc1cccnc1)c1sc(N2CC3CC(C2)c2cccc(=O)n2C3)nc1-c1ccccc1. The second kappa shape index (κ2) is 9.11. The van der Waals surface area contributed by atoms with Crippen molar-refractivity contribution in [1.29, 1.82) is 0 Å². The van der Waals surface area contributed by atoms with Gasteiger partial charge in [-0.05, 0) is 30.0 Å². The number of benzene rings is 1. The normalized spacial score (nSPS) is 18.7. The van der Waals surface area contributed by atoms with E-state index in [1.807, 2.05) is 53.1 Å². The van der Waals surface area contributed by atoms with Crippen molar-refractivity contribution >= 4 is 22.4 Å². The predicted molar refractivity (Wildman–Crippen MR) is 137 cm³/mol. The molecule has 2 aliphatic heterocycles. The lowest BCUT2D eigenvalue weighted by molar-refractivity contribution is 0.0955. The molecule has 2 unspecified atom stereocenters. The smallest absolute Gasteiger partial charge is 0.264 e. The summed E-state index contributed by atoms with van der Waals surface area (Å²) >= 11 is 1.45. The molecule has 1 saturated heterocycles. The Balaban J connectivity index is 1.31. The first-order chi connectivity index (χ1) is 17.2. The van der Waals surface area contributed by atoms with Gasteiger partial charge in [0.1, 0.15) is 4.88 Å². The van der Waals surface area contributed by atoms with Gasteiger partial charge in [-0.1, -0.05) is 53.8 Å². The summed E-state index contributed by atoms with van der Waals surface area (Å²) in [5.41, 5.74) is 3.77. The number of carbonyl (C=O) groups is 1. The predicted octanol–water partition coefficient (Wildman–Crippen LogP) is 3.92. The summed E-state index contributed by atoms with van der Waals surface area (Å²) < 4.78 is 1.94. The van der Waals surface area contributed by atoms with Crippen LogP contribution >= 0.6 is 11.3 Å². The number of pyridine rings is 2. The Morgan fingerprint density at radius 3 is 2.74 bits per heavy atom. The van der Waals surface area contributed by atoms with Crippen LogP contribution < -0.4 is 15.8 Å². The van der Waals surface area contributed by atoms with E-state index >= 15 is 0 Å². The van der Waals surface area contributed by atoms with Gasteiger partial charge in [-0.3, -0.25) is 14.6 Å². The molecule has 176 valence electrons. The molecule has 2 bridgehead atoms. The van der Waals surface area contributed by atoms with Gasteiger partial charge in [0.2, 0.25) is 0 Å². The number of amides is 1. The summed E-state index contributed by atoms with van der Waals surface area (Å²) in [5.74, 6) is 0.530. The minimum absolute atomic E-state index is 0.0823. The Labute approximate surface area is 207 Å². The molecule has 0 spiro atoms. The Hall–Kier alpha value is -3.78. The zero-order valence-electron chi connectivity index (χ0n) is 19.1. The van der Waals surface area contributed by atoms with Gasteiger partial charge in [0.15, 0.2) is 5.13 Å². The third-order valence-electron chi connectivity index (χ3n) is 6.80. The van der Waals surface area contributed by atoms with Crippen LogP contribution in [0.4, 0.5) is 5.13 Å². The van der Waals surface area contributed by atoms with E-state index in [-0.39, 0.29) is 17.4 Å². The van der Waals surface area contributed by atoms with Gasteiger partial charge in [0.25, 0.3) is 11.5 Å². The minimum atomic E-state index is -0.134. The number of nitrogens with one attached hydrogen (secondary N) is 1. The molecule has 0 saturated carbocycles. The molecule has 1 N–H and O–H groups in total. The van der Waals surface area contributed by atoms with Crippen molar-refractivity contribution in [3.05, 3.63) is 99.5 Å². The number of aromatic nitrogens is 3. The molecular weight excluding hydrogens is 458 g/mol. The zero-order chi connectivity index (χ0) is 23.8. The molecule has 35 heavy (non-hydrogen) atoms. The van der Waals surface area contributed by atoms with Crippen LogP contribution in [0.1, 0.15) is 33.3 Å². The zero-order valence-corrected chi connectivity index (χ0v) is 19.9. The summed E-state index contributed by atoms with van der Waals surface area (Å²) in [5, 5.41) is 3.89. The summed E-state index contributed by atoms with van der Waals surface area (Å²) in [6.45, 7) is 2.76. The van der Waals surface area contributed by atoms with Crippen LogP contribution in [0.15, 0.2) is 77.9 Å². The molecule has 1 aromatic carbocycles. The molecule has 1 amide bonds. The second-order valence-electron chi connectivity index (χ2n) is 9.19. The van der Waals surface area contributed by atoms with Crippen LogP contribution in [0.25, 0.3) is 11.3 Å². The number of rotatable bonds is 5. The number of piperidine rings is 1. The van der Waals surface area contributed by atoms with Crippen LogP contribution in [0, 0.1) is 5.92 Å². The number of carbonyl (C=O) groups excluding carboxylic acids is 1. The lowest BCUT2D eigenvalue weighted by atomic mass is 9.83. The van der Waals surface area contributed by atoms with Crippen LogP contribution in [-0.4, -0.2) is 33.5 Å². The summed E-state index contributed by atoms with van der Waals surface area (Å²) in [4.78, 5) is 37.7. The molecule has 2 aliphatic rings. The Morgan fingerprint density at radius 1 is 1.03 bits per heavy atom. The van der Waals surface area contributed by atoms with Crippen molar-refractivity contribution in [1.82, 2.24) is 19.9 Å². The highest BCUT2D eigenvalue weighted by Gasteiger charge is 2.36. The number of anilines is 1. The van der Waals surface area contributed by atoms with Crippen molar-refractivity contribution < 1.29 is 4.79 Å². The highest BCUT2D eigenvalue weighted by molar-refractivity contribution is 7.18. The number of fused-ring (bicyclic) bond motifs is 4. The fourth-order valence-corrected chi connectivity index (χ4v) is 6.23. The molecule has 3 aromatic heterocycles. The molecular formula is C27H25N5O2S. The third-order valence-corrected chi connectivity index (χ3v) is 7.91. The van der Waals surface area contributed by atoms with E-state index in [4.69, 9.17) is 4.98 Å². The van der Waals surface area contributed by atoms with E-state index in [0.717, 1.165) is 48.0 Å². The Bertz CT molecular complexity index is 1420. The number of nitrogens with zero attached hydrogens (tertiary/aromatic N) is 4. The van der Waals surface area contributed by atoms with Gasteiger partial charge in [-0.2, -0.15) is 0 Å². The van der Waals surface area contributed by atoms with Gasteiger partial charge < -0.3 is 14.8 Å². The van der Waals surface area contributed by atoms with E-state index in [9.17, 15) is 9.59 Å². The lowest BCUT2D eigenvalue weighted by Gasteiger charge is -2.42. The van der Waals surface area contributed by atoms with Crippen molar-refractivity contribution in [3.8, 4) is 11.3 Å². The topological polar surface area (TPSA) is 80.1 Å². The first kappa shape index (κ1) is 21.7. The van der Waals surface area contributed by atoms with Crippen LogP contribution in [0.3, 0.4) is 0 Å². The van der Waals surface area contributed by atoms with Gasteiger partial charge in [0.05, 0.1) is 5.69 Å². The van der Waals surface area contributed by atoms with Gasteiger partial charge >= 0.3 is 0 Å². The van der Waals surface area contributed by atoms with E-state index in [2.05, 4.69) is 21.3 Å². The third kappa shape index (κ3) is 4.25. The maximum absolute atomic E-state index is 13.3. The number of hydrogen-bond donors (Lipinski definition) is 1. The maximum atomic E-state index is 13.3. The van der Waals surface area contributed by atoms with E-state index in [1.165, 1.54) is 11.3 Å². The maximum Gasteiger partial charge on any atom is 0.264 e. The average Bonchev–Trinajstić information content (AvgIpc) is 3.35. The fraction of sp³-hybridized carbons (Fsp3) is 0.259. The van der Waals surface area contributed by atoms with Crippen LogP contribution in [0.5, 0.6) is 0 Å². The molecule has 7 nitrogen and oxygen atoms in total. The summed E-state index contributed by atoms with van der Waals surface area (Å²) in [6.07, 6.45) is 4.55. The number of thiazole rings is 1.